The second kappa shape index (κ2) is 2.02. The van der Waals surface area contributed by atoms with E-state index in [1.54, 1.807) is 0 Å². The minimum absolute atomic E-state index is 0.505. The summed E-state index contributed by atoms with van der Waals surface area (Å²) in [5, 5.41) is 0.889. The van der Waals surface area contributed by atoms with Gasteiger partial charge in [0.2, 0.25) is 0 Å². The summed E-state index contributed by atoms with van der Waals surface area (Å²) in [4.78, 5) is 3.82. The minimum atomic E-state index is 0.505. The van der Waals surface area contributed by atoms with Gasteiger partial charge >= 0.3 is 0 Å². The van der Waals surface area contributed by atoms with Crippen LogP contribution in [0.2, 0.25) is 0 Å². The lowest BCUT2D eigenvalue weighted by Crippen LogP contribution is -1.71. The van der Waals surface area contributed by atoms with Crippen LogP contribution in [0.5, 0.6) is 0 Å². The maximum absolute atomic E-state index is 5.20. The van der Waals surface area contributed by atoms with Crippen LogP contribution in [0.25, 0.3) is 0 Å². The molecule has 36 valence electrons. The smallest absolute Gasteiger partial charge is 0.129 e. The standard InChI is InChI=1S/C4H4N2S/c1-2-4-5-3-6-7-4/h1,3H,2H2. The highest BCUT2D eigenvalue weighted by Gasteiger charge is 1.86. The molecular weight excluding hydrogens is 108 g/mol. The fraction of sp³-hybridized carbons (Fsp3) is 0.250. The molecule has 3 heteroatoms. The van der Waals surface area contributed by atoms with Crippen molar-refractivity contribution in [2.24, 2.45) is 0 Å². The third kappa shape index (κ3) is 0.962. The van der Waals surface area contributed by atoms with Crippen LogP contribution in [0.3, 0.4) is 0 Å². The van der Waals surface area contributed by atoms with Gasteiger partial charge in [-0.25, -0.2) is 4.98 Å². The molecule has 0 aliphatic rings. The van der Waals surface area contributed by atoms with Crippen molar-refractivity contribution in [3.8, 4) is 0 Å². The third-order valence-corrected chi connectivity index (χ3v) is 1.26. The second-order valence-corrected chi connectivity index (χ2v) is 1.90. The zero-order valence-corrected chi connectivity index (χ0v) is 4.48. The largest absolute Gasteiger partial charge is 0.228 e. The van der Waals surface area contributed by atoms with Crippen LogP contribution in [0.15, 0.2) is 6.33 Å². The number of hydrogen-bond donors (Lipinski definition) is 0. The average molecular weight is 112 g/mol. The quantitative estimate of drug-likeness (QED) is 0.536. The SMILES string of the molecule is [CH]Cc1ncns1. The molecule has 0 aliphatic heterocycles. The molecule has 2 radical (unpaired) electrons. The van der Waals surface area contributed by atoms with Gasteiger partial charge in [0.25, 0.3) is 0 Å². The highest BCUT2D eigenvalue weighted by molar-refractivity contribution is 7.05. The predicted octanol–water partition coefficient (Wildman–Crippen LogP) is 0.792. The third-order valence-electron chi connectivity index (χ3n) is 0.582. The van der Waals surface area contributed by atoms with Crippen LogP contribution in [-0.2, 0) is 6.42 Å². The summed E-state index contributed by atoms with van der Waals surface area (Å²) in [5.41, 5.74) is 0. The van der Waals surface area contributed by atoms with Gasteiger partial charge in [-0.2, -0.15) is 4.37 Å². The summed E-state index contributed by atoms with van der Waals surface area (Å²) in [6.45, 7) is 5.20. The lowest BCUT2D eigenvalue weighted by molar-refractivity contribution is 1.17. The highest BCUT2D eigenvalue weighted by Crippen LogP contribution is 1.97. The van der Waals surface area contributed by atoms with Crippen LogP contribution < -0.4 is 0 Å². The van der Waals surface area contributed by atoms with Gasteiger partial charge in [0.1, 0.15) is 11.3 Å². The van der Waals surface area contributed by atoms with E-state index in [-0.39, 0.29) is 0 Å². The van der Waals surface area contributed by atoms with E-state index in [2.05, 4.69) is 9.36 Å². The van der Waals surface area contributed by atoms with E-state index in [1.807, 2.05) is 0 Å². The first kappa shape index (κ1) is 4.71. The molecule has 0 aliphatic carbocycles. The van der Waals surface area contributed by atoms with Crippen molar-refractivity contribution in [1.82, 2.24) is 9.36 Å². The van der Waals surface area contributed by atoms with Gasteiger partial charge in [0.15, 0.2) is 0 Å². The summed E-state index contributed by atoms with van der Waals surface area (Å²) in [5.74, 6) is 0. The van der Waals surface area contributed by atoms with Crippen LogP contribution in [-0.4, -0.2) is 9.36 Å². The van der Waals surface area contributed by atoms with Crippen LogP contribution >= 0.6 is 11.5 Å². The first-order valence-electron chi connectivity index (χ1n) is 1.89. The van der Waals surface area contributed by atoms with E-state index in [0.29, 0.717) is 6.42 Å². The van der Waals surface area contributed by atoms with Gasteiger partial charge in [-0.05, 0) is 18.5 Å². The first-order chi connectivity index (χ1) is 3.43. The number of rotatable bonds is 1. The molecule has 7 heavy (non-hydrogen) atoms. The first-order valence-corrected chi connectivity index (χ1v) is 2.66. The fourth-order valence-corrected chi connectivity index (χ4v) is 0.671. The maximum atomic E-state index is 5.20. The van der Waals surface area contributed by atoms with Crippen molar-refractivity contribution < 1.29 is 0 Å². The molecule has 0 saturated heterocycles. The van der Waals surface area contributed by atoms with E-state index < -0.39 is 0 Å². The molecule has 0 spiro atoms. The molecule has 1 heterocycles. The second-order valence-electron chi connectivity index (χ2n) is 1.04. The lowest BCUT2D eigenvalue weighted by Gasteiger charge is -1.74. The van der Waals surface area contributed by atoms with Gasteiger partial charge in [0, 0.05) is 6.42 Å². The molecule has 0 atom stereocenters. The molecule has 0 amide bonds. The number of nitrogens with zero attached hydrogens (tertiary/aromatic N) is 2. The Bertz CT molecular complexity index is 124. The normalized spacial score (nSPS) is 9.29. The van der Waals surface area contributed by atoms with Crippen molar-refractivity contribution in [2.75, 3.05) is 0 Å². The molecule has 0 saturated carbocycles. The van der Waals surface area contributed by atoms with Gasteiger partial charge in [-0.15, -0.1) is 0 Å². The van der Waals surface area contributed by atoms with Crippen molar-refractivity contribution >= 4 is 11.5 Å². The van der Waals surface area contributed by atoms with Gasteiger partial charge in [0.05, 0.1) is 0 Å². The molecule has 0 fully saturated rings. The predicted molar refractivity (Wildman–Crippen MR) is 27.9 cm³/mol. The Balaban J connectivity index is 2.76. The van der Waals surface area contributed by atoms with E-state index in [9.17, 15) is 0 Å². The highest BCUT2D eigenvalue weighted by atomic mass is 32.1. The van der Waals surface area contributed by atoms with Crippen molar-refractivity contribution in [3.63, 3.8) is 0 Å². The van der Waals surface area contributed by atoms with E-state index in [0.717, 1.165) is 5.01 Å². The van der Waals surface area contributed by atoms with Crippen LogP contribution in [0, 0.1) is 6.92 Å². The summed E-state index contributed by atoms with van der Waals surface area (Å²) in [7, 11) is 0. The molecule has 2 nitrogen and oxygen atoms in total. The van der Waals surface area contributed by atoms with Crippen molar-refractivity contribution in [2.45, 2.75) is 6.42 Å². The van der Waals surface area contributed by atoms with Gasteiger partial charge in [-0.1, -0.05) is 0 Å². The lowest BCUT2D eigenvalue weighted by atomic mass is 10.5. The molecule has 0 aromatic carbocycles. The Morgan fingerprint density at radius 1 is 1.86 bits per heavy atom. The zero-order valence-electron chi connectivity index (χ0n) is 3.66. The minimum Gasteiger partial charge on any atom is -0.228 e. The molecule has 1 rings (SSSR count). The zero-order chi connectivity index (χ0) is 5.11. The summed E-state index contributed by atoms with van der Waals surface area (Å²) < 4.78 is 3.74. The molecule has 0 bridgehead atoms. The molecule has 0 unspecified atom stereocenters. The number of aromatic nitrogens is 2. The Morgan fingerprint density at radius 2 is 2.71 bits per heavy atom. The van der Waals surface area contributed by atoms with Crippen molar-refractivity contribution in [1.29, 1.82) is 0 Å². The molecule has 1 aromatic heterocycles. The van der Waals surface area contributed by atoms with Crippen LogP contribution in [0.4, 0.5) is 0 Å². The Labute approximate surface area is 46.4 Å². The fourth-order valence-electron chi connectivity index (χ4n) is 0.286. The van der Waals surface area contributed by atoms with Crippen molar-refractivity contribution in [3.05, 3.63) is 18.3 Å². The average Bonchev–Trinajstić information content (AvgIpc) is 2.14. The summed E-state index contributed by atoms with van der Waals surface area (Å²) in [6.07, 6.45) is 2.01. The van der Waals surface area contributed by atoms with E-state index in [4.69, 9.17) is 6.92 Å². The molecule has 0 N–H and O–H groups in total. The summed E-state index contributed by atoms with van der Waals surface area (Å²) in [6, 6.07) is 0. The maximum Gasteiger partial charge on any atom is 0.129 e. The Hall–Kier alpha value is -0.440. The van der Waals surface area contributed by atoms with Gasteiger partial charge in [-0.3, -0.25) is 0 Å². The van der Waals surface area contributed by atoms with Gasteiger partial charge < -0.3 is 0 Å². The van der Waals surface area contributed by atoms with Crippen LogP contribution in [0.1, 0.15) is 5.01 Å². The Morgan fingerprint density at radius 3 is 3.00 bits per heavy atom. The number of hydrogen-bond acceptors (Lipinski definition) is 3. The summed E-state index contributed by atoms with van der Waals surface area (Å²) >= 11 is 1.34. The van der Waals surface area contributed by atoms with E-state index in [1.165, 1.54) is 17.9 Å². The molecule has 1 aromatic rings. The molecular formula is C4H4N2S. The Kier molecular flexibility index (Phi) is 1.36. The topological polar surface area (TPSA) is 25.8 Å². The van der Waals surface area contributed by atoms with E-state index >= 15 is 0 Å². The monoisotopic (exact) mass is 112 g/mol.